The third-order valence-corrected chi connectivity index (χ3v) is 6.15. The summed E-state index contributed by atoms with van der Waals surface area (Å²) in [7, 11) is 0. The molecule has 1 amide bonds. The van der Waals surface area contributed by atoms with Gasteiger partial charge in [-0.2, -0.15) is 10.1 Å². The first-order valence-corrected chi connectivity index (χ1v) is 11.4. The Morgan fingerprint density at radius 1 is 1.15 bits per heavy atom. The number of rotatable bonds is 7. The van der Waals surface area contributed by atoms with Crippen LogP contribution in [0.15, 0.2) is 59.2 Å². The number of hydrogen-bond donors (Lipinski definition) is 0. The van der Waals surface area contributed by atoms with Crippen LogP contribution in [0, 0.1) is 12.7 Å². The number of nitrogens with zero attached hydrogens (tertiary/aromatic N) is 3. The first-order valence-electron chi connectivity index (χ1n) is 10.6. The van der Waals surface area contributed by atoms with Gasteiger partial charge >= 0.3 is 5.97 Å². The van der Waals surface area contributed by atoms with Gasteiger partial charge in [0.25, 0.3) is 5.91 Å². The Hall–Kier alpha value is -3.85. The minimum absolute atomic E-state index is 0.118. The zero-order valence-electron chi connectivity index (χ0n) is 18.9. The molecule has 0 saturated carbocycles. The second kappa shape index (κ2) is 9.96. The lowest BCUT2D eigenvalue weighted by Gasteiger charge is -2.08. The van der Waals surface area contributed by atoms with Crippen molar-refractivity contribution in [1.29, 1.82) is 0 Å². The number of carbonyl (C=O) groups is 2. The number of aryl methyl sites for hydroxylation is 1. The summed E-state index contributed by atoms with van der Waals surface area (Å²) in [6.45, 7) is 5.53. The van der Waals surface area contributed by atoms with Crippen molar-refractivity contribution >= 4 is 40.1 Å². The summed E-state index contributed by atoms with van der Waals surface area (Å²) in [5, 5.41) is 5.85. The first-order chi connectivity index (χ1) is 16.4. The van der Waals surface area contributed by atoms with Crippen LogP contribution in [0.3, 0.4) is 0 Å². The van der Waals surface area contributed by atoms with Crippen molar-refractivity contribution < 1.29 is 23.5 Å². The number of thiazole rings is 1. The van der Waals surface area contributed by atoms with Crippen molar-refractivity contribution in [3.63, 3.8) is 0 Å². The molecule has 1 aliphatic rings. The van der Waals surface area contributed by atoms with Gasteiger partial charge in [0, 0.05) is 5.56 Å². The summed E-state index contributed by atoms with van der Waals surface area (Å²) < 4.78 is 24.5. The van der Waals surface area contributed by atoms with Crippen LogP contribution in [-0.4, -0.2) is 29.2 Å². The predicted octanol–water partition coefficient (Wildman–Crippen LogP) is 5.15. The Kier molecular flexibility index (Phi) is 6.83. The number of hydrogen-bond acceptors (Lipinski definition) is 7. The Morgan fingerprint density at radius 3 is 2.59 bits per heavy atom. The highest BCUT2D eigenvalue weighted by molar-refractivity contribution is 7.17. The van der Waals surface area contributed by atoms with Gasteiger partial charge in [0.1, 0.15) is 23.1 Å². The van der Waals surface area contributed by atoms with E-state index in [9.17, 15) is 14.0 Å². The molecule has 0 aliphatic carbocycles. The standard InChI is InChI=1S/C25H22FN3O4S/c1-4-32-24(31)22-16(3)27-25(34-22)29-23(30)20(15(2)28-29)13-17-9-11-19(12-10-17)33-14-18-7-5-6-8-21(18)26/h5-13H,4,14H2,1-3H3/b20-13+. The van der Waals surface area contributed by atoms with Gasteiger partial charge in [-0.25, -0.2) is 14.2 Å². The predicted molar refractivity (Wildman–Crippen MR) is 129 cm³/mol. The summed E-state index contributed by atoms with van der Waals surface area (Å²) in [6, 6.07) is 13.6. The molecule has 3 aromatic rings. The molecule has 7 nitrogen and oxygen atoms in total. The molecule has 4 rings (SSSR count). The lowest BCUT2D eigenvalue weighted by atomic mass is 10.1. The maximum absolute atomic E-state index is 13.7. The van der Waals surface area contributed by atoms with Gasteiger partial charge in [0.05, 0.1) is 23.6 Å². The molecule has 0 radical (unpaired) electrons. The lowest BCUT2D eigenvalue weighted by molar-refractivity contribution is -0.114. The number of benzene rings is 2. The van der Waals surface area contributed by atoms with Crippen LogP contribution in [-0.2, 0) is 16.1 Å². The molecule has 34 heavy (non-hydrogen) atoms. The largest absolute Gasteiger partial charge is 0.489 e. The minimum atomic E-state index is -0.468. The molecule has 0 N–H and O–H groups in total. The zero-order valence-corrected chi connectivity index (χ0v) is 19.7. The van der Waals surface area contributed by atoms with E-state index >= 15 is 0 Å². The van der Waals surface area contributed by atoms with Gasteiger partial charge in [0.15, 0.2) is 0 Å². The maximum atomic E-state index is 13.7. The Balaban J connectivity index is 1.47. The highest BCUT2D eigenvalue weighted by atomic mass is 32.1. The van der Waals surface area contributed by atoms with E-state index in [0.29, 0.717) is 38.3 Å². The molecule has 2 aromatic carbocycles. The Labute approximate surface area is 200 Å². The molecule has 1 aliphatic heterocycles. The van der Waals surface area contributed by atoms with E-state index < -0.39 is 5.97 Å². The molecule has 0 unspecified atom stereocenters. The number of esters is 1. The van der Waals surface area contributed by atoms with E-state index in [-0.39, 0.29) is 24.9 Å². The van der Waals surface area contributed by atoms with Crippen LogP contribution in [0.5, 0.6) is 5.75 Å². The average Bonchev–Trinajstić information content (AvgIpc) is 3.34. The molecular formula is C25H22FN3O4S. The normalized spacial score (nSPS) is 14.5. The van der Waals surface area contributed by atoms with Crippen LogP contribution in [0.2, 0.25) is 0 Å². The second-order valence-electron chi connectivity index (χ2n) is 7.44. The zero-order chi connectivity index (χ0) is 24.2. The highest BCUT2D eigenvalue weighted by Gasteiger charge is 2.32. The molecule has 0 saturated heterocycles. The maximum Gasteiger partial charge on any atom is 0.350 e. The number of amides is 1. The van der Waals surface area contributed by atoms with Crippen LogP contribution in [0.25, 0.3) is 6.08 Å². The van der Waals surface area contributed by atoms with E-state index in [0.717, 1.165) is 16.9 Å². The summed E-state index contributed by atoms with van der Waals surface area (Å²) in [5.41, 5.74) is 2.70. The lowest BCUT2D eigenvalue weighted by Crippen LogP contribution is -2.21. The molecule has 0 atom stereocenters. The summed E-state index contributed by atoms with van der Waals surface area (Å²) in [6.07, 6.45) is 1.73. The van der Waals surface area contributed by atoms with Gasteiger partial charge in [0.2, 0.25) is 5.13 Å². The summed E-state index contributed by atoms with van der Waals surface area (Å²) in [5.74, 6) is -0.529. The highest BCUT2D eigenvalue weighted by Crippen LogP contribution is 2.31. The van der Waals surface area contributed by atoms with Crippen molar-refractivity contribution in [1.82, 2.24) is 4.98 Å². The van der Waals surface area contributed by atoms with Gasteiger partial charge in [-0.3, -0.25) is 4.79 Å². The average molecular weight is 480 g/mol. The van der Waals surface area contributed by atoms with Crippen molar-refractivity contribution in [2.45, 2.75) is 27.4 Å². The van der Waals surface area contributed by atoms with Gasteiger partial charge in [-0.05, 0) is 50.6 Å². The van der Waals surface area contributed by atoms with E-state index in [1.54, 1.807) is 69.3 Å². The number of hydrazone groups is 1. The topological polar surface area (TPSA) is 81.1 Å². The Morgan fingerprint density at radius 2 is 1.88 bits per heavy atom. The number of carbonyl (C=O) groups excluding carboxylic acids is 2. The minimum Gasteiger partial charge on any atom is -0.489 e. The smallest absolute Gasteiger partial charge is 0.350 e. The molecule has 0 spiro atoms. The van der Waals surface area contributed by atoms with Crippen LogP contribution < -0.4 is 9.75 Å². The fourth-order valence-corrected chi connectivity index (χ4v) is 4.19. The summed E-state index contributed by atoms with van der Waals surface area (Å²) >= 11 is 1.07. The van der Waals surface area contributed by atoms with Crippen molar-refractivity contribution in [3.8, 4) is 5.75 Å². The third-order valence-electron chi connectivity index (χ3n) is 5.03. The SMILES string of the molecule is CCOC(=O)c1sc(N2N=C(C)/C(=C\c3ccc(OCc4ccccc4F)cc3)C2=O)nc1C. The number of ether oxygens (including phenoxy) is 2. The van der Waals surface area contributed by atoms with E-state index in [2.05, 4.69) is 10.1 Å². The molecular weight excluding hydrogens is 457 g/mol. The molecule has 0 fully saturated rings. The monoisotopic (exact) mass is 479 g/mol. The van der Waals surface area contributed by atoms with Crippen molar-refractivity contribution in [3.05, 3.63) is 81.6 Å². The third kappa shape index (κ3) is 4.89. The first kappa shape index (κ1) is 23.3. The number of halogens is 1. The molecule has 174 valence electrons. The molecule has 0 bridgehead atoms. The summed E-state index contributed by atoms with van der Waals surface area (Å²) in [4.78, 5) is 29.8. The van der Waals surface area contributed by atoms with E-state index in [4.69, 9.17) is 9.47 Å². The molecule has 9 heteroatoms. The van der Waals surface area contributed by atoms with E-state index in [1.165, 1.54) is 11.1 Å². The van der Waals surface area contributed by atoms with Crippen molar-refractivity contribution in [2.24, 2.45) is 5.10 Å². The quantitative estimate of drug-likeness (QED) is 0.346. The number of anilines is 1. The Bertz CT molecular complexity index is 1300. The van der Waals surface area contributed by atoms with Crippen molar-refractivity contribution in [2.75, 3.05) is 11.6 Å². The van der Waals surface area contributed by atoms with Crippen LogP contribution in [0.1, 0.15) is 40.3 Å². The van der Waals surface area contributed by atoms with Crippen LogP contribution >= 0.6 is 11.3 Å². The molecule has 2 heterocycles. The fraction of sp³-hybridized carbons (Fsp3) is 0.200. The fourth-order valence-electron chi connectivity index (χ4n) is 3.28. The second-order valence-corrected chi connectivity index (χ2v) is 8.42. The van der Waals surface area contributed by atoms with Crippen LogP contribution in [0.4, 0.5) is 9.52 Å². The van der Waals surface area contributed by atoms with Gasteiger partial charge in [-0.1, -0.05) is 41.7 Å². The number of aromatic nitrogens is 1. The van der Waals surface area contributed by atoms with Gasteiger partial charge in [-0.15, -0.1) is 0 Å². The van der Waals surface area contributed by atoms with Gasteiger partial charge < -0.3 is 9.47 Å². The van der Waals surface area contributed by atoms with E-state index in [1.807, 2.05) is 0 Å². The molecule has 1 aromatic heterocycles.